The van der Waals surface area contributed by atoms with Gasteiger partial charge in [0.1, 0.15) is 0 Å². The van der Waals surface area contributed by atoms with E-state index in [1.165, 1.54) is 0 Å². The molecular weight excluding hydrogens is 238 g/mol. The molecule has 0 aromatic carbocycles. The molecule has 0 aliphatic carbocycles. The van der Waals surface area contributed by atoms with Gasteiger partial charge in [-0.25, -0.2) is 0 Å². The van der Waals surface area contributed by atoms with Gasteiger partial charge in [-0.1, -0.05) is 0 Å². The molecule has 0 aliphatic heterocycles. The normalized spacial score (nSPS) is 7.00. The first-order valence-electron chi connectivity index (χ1n) is 1.65. The van der Waals surface area contributed by atoms with Crippen LogP contribution in [0.5, 0.6) is 0 Å². The fourth-order valence-corrected chi connectivity index (χ4v) is 0.447. The van der Waals surface area contributed by atoms with Gasteiger partial charge in [0.25, 0.3) is 0 Å². The van der Waals surface area contributed by atoms with Crippen molar-refractivity contribution in [2.24, 2.45) is 0 Å². The van der Waals surface area contributed by atoms with Gasteiger partial charge in [0.2, 0.25) is 0 Å². The van der Waals surface area contributed by atoms with Crippen molar-refractivity contribution in [3.8, 4) is 0 Å². The Morgan fingerprint density at radius 1 is 1.36 bits per heavy atom. The summed E-state index contributed by atoms with van der Waals surface area (Å²) < 4.78 is 54.6. The van der Waals surface area contributed by atoms with E-state index in [4.69, 9.17) is 12.5 Å². The minimum absolute atomic E-state index is 0. The van der Waals surface area contributed by atoms with Gasteiger partial charge in [-0.05, 0) is 0 Å². The van der Waals surface area contributed by atoms with Crippen molar-refractivity contribution in [1.29, 1.82) is 0 Å². The third-order valence-electron chi connectivity index (χ3n) is 0.161. The number of hydrogen-bond acceptors (Lipinski definition) is 5. The first-order valence-corrected chi connectivity index (χ1v) is 4.94. The quantitative estimate of drug-likeness (QED) is 0.408. The first-order chi connectivity index (χ1) is 4.47. The molecule has 0 aromatic rings. The average molecular weight is 242 g/mol. The summed E-state index contributed by atoms with van der Waals surface area (Å²) in [6.45, 7) is 0. The Kier molecular flexibility index (Phi) is 19.0. The Hall–Kier alpha value is 1.43. The van der Waals surface area contributed by atoms with Crippen LogP contribution in [0.1, 0.15) is 2.85 Å². The van der Waals surface area contributed by atoms with Gasteiger partial charge in [0.15, 0.2) is 0 Å². The van der Waals surface area contributed by atoms with Crippen LogP contribution in [0.3, 0.4) is 0 Å². The van der Waals surface area contributed by atoms with E-state index >= 15 is 0 Å². The van der Waals surface area contributed by atoms with Crippen molar-refractivity contribution in [2.45, 2.75) is 0 Å². The monoisotopic (exact) mass is 242 g/mol. The summed E-state index contributed by atoms with van der Waals surface area (Å²) in [4.78, 5) is 0. The van der Waals surface area contributed by atoms with E-state index in [0.29, 0.717) is 0 Å². The summed E-state index contributed by atoms with van der Waals surface area (Å²) in [5, 5.41) is 0. The third-order valence-corrected chi connectivity index (χ3v) is 1.45. The second-order valence-electron chi connectivity index (χ2n) is 0.726. The van der Waals surface area contributed by atoms with Crippen LogP contribution in [-0.2, 0) is 21.2 Å². The fourth-order valence-electron chi connectivity index (χ4n) is 0.0496. The molecule has 11 heteroatoms. The predicted octanol–water partition coefficient (Wildman–Crippen LogP) is -2.44. The van der Waals surface area contributed by atoms with Crippen LogP contribution in [0.15, 0.2) is 0 Å². The SMILES string of the molecule is [Ca+2].[H-].[H-].[O]=[Al][OH].[O]=[Al][O]S(=O)(=O)O. The summed E-state index contributed by atoms with van der Waals surface area (Å²) in [7, 11) is -4.45. The van der Waals surface area contributed by atoms with E-state index in [-0.39, 0.29) is 40.6 Å². The Labute approximate surface area is 109 Å². The Balaban J connectivity index is -0.0000000320. The van der Waals surface area contributed by atoms with E-state index in [2.05, 4.69) is 3.23 Å². The van der Waals surface area contributed by atoms with Gasteiger partial charge in [-0.2, -0.15) is 0 Å². The minimum atomic E-state index is -4.45. The zero-order valence-electron chi connectivity index (χ0n) is 7.21. The Bertz CT molecular complexity index is 191. The molecule has 0 radical (unpaired) electrons. The molecule has 0 spiro atoms. The number of rotatable bonds is 2. The molecule has 0 saturated heterocycles. The van der Waals surface area contributed by atoms with E-state index in [9.17, 15) is 12.2 Å². The maximum absolute atomic E-state index is 9.39. The van der Waals surface area contributed by atoms with Gasteiger partial charge in [0.05, 0.1) is 0 Å². The van der Waals surface area contributed by atoms with Gasteiger partial charge in [-0.15, -0.1) is 0 Å². The zero-order chi connectivity index (χ0) is 8.62. The van der Waals surface area contributed by atoms with Crippen molar-refractivity contribution < 1.29 is 30.8 Å². The zero-order valence-corrected chi connectivity index (χ0v) is 10.5. The van der Waals surface area contributed by atoms with E-state index in [0.717, 1.165) is 0 Å². The molecule has 7 nitrogen and oxygen atoms in total. The van der Waals surface area contributed by atoms with Crippen molar-refractivity contribution in [3.63, 3.8) is 0 Å². The van der Waals surface area contributed by atoms with Crippen LogP contribution >= 0.6 is 0 Å². The molecule has 0 unspecified atom stereocenters. The van der Waals surface area contributed by atoms with Crippen LogP contribution < -0.4 is 0 Å². The molecule has 0 amide bonds. The molecule has 0 aromatic heterocycles. The van der Waals surface area contributed by atoms with Gasteiger partial charge in [0, 0.05) is 0 Å². The molecule has 0 saturated carbocycles. The third kappa shape index (κ3) is 34.5. The van der Waals surface area contributed by atoms with Crippen LogP contribution in [0.2, 0.25) is 0 Å². The summed E-state index contributed by atoms with van der Waals surface area (Å²) in [6, 6.07) is 0. The van der Waals surface area contributed by atoms with Gasteiger partial charge in [-0.3, -0.25) is 0 Å². The molecule has 0 heterocycles. The molecule has 0 aliphatic rings. The van der Waals surface area contributed by atoms with Crippen molar-refractivity contribution in [2.75, 3.05) is 0 Å². The molecular formula is H4Al2CaO7S. The van der Waals surface area contributed by atoms with E-state index in [1.54, 1.807) is 0 Å². The number of hydrogen-bond donors (Lipinski definition) is 2. The van der Waals surface area contributed by atoms with Gasteiger partial charge < -0.3 is 2.85 Å². The Morgan fingerprint density at radius 2 is 1.64 bits per heavy atom. The summed E-state index contributed by atoms with van der Waals surface area (Å²) in [5.41, 5.74) is 0. The maximum atomic E-state index is 9.39. The van der Waals surface area contributed by atoms with Crippen molar-refractivity contribution >= 4 is 79.1 Å². The van der Waals surface area contributed by atoms with Crippen LogP contribution in [0.25, 0.3) is 0 Å². The average Bonchev–Trinajstić information content (AvgIpc) is 1.63. The fraction of sp³-hybridized carbons (Fsp3) is 0. The van der Waals surface area contributed by atoms with Crippen molar-refractivity contribution in [3.05, 3.63) is 0 Å². The topological polar surface area (TPSA) is 118 Å². The van der Waals surface area contributed by atoms with Crippen LogP contribution in [0, 0.1) is 0 Å². The molecule has 0 atom stereocenters. The molecule has 0 fully saturated rings. The molecule has 2 N–H and O–H groups in total. The molecule has 11 heavy (non-hydrogen) atoms. The van der Waals surface area contributed by atoms with Crippen LogP contribution in [-0.4, -0.2) is 85.8 Å². The summed E-state index contributed by atoms with van der Waals surface area (Å²) >= 11 is -3.38. The Morgan fingerprint density at radius 3 is 1.64 bits per heavy atom. The summed E-state index contributed by atoms with van der Waals surface area (Å²) in [5.74, 6) is 0. The van der Waals surface area contributed by atoms with Crippen LogP contribution in [0.4, 0.5) is 0 Å². The van der Waals surface area contributed by atoms with E-state index < -0.39 is 41.4 Å². The summed E-state index contributed by atoms with van der Waals surface area (Å²) in [6.07, 6.45) is 0. The first kappa shape index (κ1) is 18.3. The second kappa shape index (κ2) is 11.4. The second-order valence-corrected chi connectivity index (χ2v) is 2.75. The van der Waals surface area contributed by atoms with E-state index in [1.807, 2.05) is 0 Å². The molecule has 60 valence electrons. The van der Waals surface area contributed by atoms with Gasteiger partial charge >= 0.3 is 107 Å². The molecule has 0 rings (SSSR count). The molecule has 0 bridgehead atoms. The van der Waals surface area contributed by atoms with Crippen molar-refractivity contribution in [1.82, 2.24) is 0 Å². The predicted molar refractivity (Wildman–Crippen MR) is 35.7 cm³/mol. The standard InChI is InChI=1S/2Al.Ca.H2O4S.H2O.2O.2H/c;;;1-5(2,3)4;;;;;/h;;;(H2,1,2,3,4);1H2;;;;/q2*+1;+2;;;;;2*-1/p-2.